The third-order valence-corrected chi connectivity index (χ3v) is 5.81. The number of ether oxygens (including phenoxy) is 1. The number of hydrogen-bond donors (Lipinski definition) is 2. The minimum atomic E-state index is -4.13. The number of hydrogen-bond acceptors (Lipinski definition) is 6. The van der Waals surface area contributed by atoms with Crippen LogP contribution in [0, 0.1) is 18.3 Å². The normalized spacial score (nSPS) is 21.3. The standard InChI is InChI=1S/C14H16ClN3O5S/c1-8-10(4-3-9(7-16)12(8)15)17-24(21,22)18-6-5-11(19)13(18)14(20)23-2/h3-4,11,13,17,19H,5-6H2,1-2H3. The summed E-state index contributed by atoms with van der Waals surface area (Å²) in [6.45, 7) is 1.54. The molecule has 0 radical (unpaired) electrons. The third kappa shape index (κ3) is 3.32. The molecule has 2 rings (SSSR count). The number of nitriles is 1. The van der Waals surface area contributed by atoms with Gasteiger partial charge < -0.3 is 9.84 Å². The molecule has 0 aromatic heterocycles. The van der Waals surface area contributed by atoms with E-state index in [1.165, 1.54) is 12.1 Å². The molecule has 0 amide bonds. The Morgan fingerprint density at radius 1 is 1.54 bits per heavy atom. The van der Waals surface area contributed by atoms with Gasteiger partial charge in [0, 0.05) is 6.54 Å². The number of methoxy groups -OCH3 is 1. The van der Waals surface area contributed by atoms with Gasteiger partial charge in [0.05, 0.1) is 29.5 Å². The van der Waals surface area contributed by atoms with Crippen molar-refractivity contribution in [1.82, 2.24) is 4.31 Å². The van der Waals surface area contributed by atoms with Gasteiger partial charge in [-0.15, -0.1) is 0 Å². The molecule has 1 heterocycles. The van der Waals surface area contributed by atoms with Gasteiger partial charge in [-0.3, -0.25) is 9.52 Å². The number of halogens is 1. The summed E-state index contributed by atoms with van der Waals surface area (Å²) in [5.41, 5.74) is 0.791. The van der Waals surface area contributed by atoms with E-state index in [1.54, 1.807) is 6.92 Å². The smallest absolute Gasteiger partial charge is 0.326 e. The van der Waals surface area contributed by atoms with Crippen molar-refractivity contribution < 1.29 is 23.1 Å². The molecule has 2 unspecified atom stereocenters. The summed E-state index contributed by atoms with van der Waals surface area (Å²) in [5, 5.41) is 18.9. The lowest BCUT2D eigenvalue weighted by Gasteiger charge is -2.24. The fourth-order valence-corrected chi connectivity index (χ4v) is 4.19. The van der Waals surface area contributed by atoms with Gasteiger partial charge in [-0.2, -0.15) is 18.0 Å². The average Bonchev–Trinajstić information content (AvgIpc) is 2.94. The molecule has 2 atom stereocenters. The number of aliphatic hydroxyl groups excluding tert-OH is 1. The largest absolute Gasteiger partial charge is 0.468 e. The molecule has 2 N–H and O–H groups in total. The highest BCUT2D eigenvalue weighted by Gasteiger charge is 2.45. The first-order valence-electron chi connectivity index (χ1n) is 6.97. The number of benzene rings is 1. The molecule has 0 bridgehead atoms. The Balaban J connectivity index is 2.34. The van der Waals surface area contributed by atoms with Gasteiger partial charge in [-0.25, -0.2) is 0 Å². The second-order valence-corrected chi connectivity index (χ2v) is 7.25. The molecular weight excluding hydrogens is 358 g/mol. The summed E-state index contributed by atoms with van der Waals surface area (Å²) in [6, 6.07) is 3.41. The predicted octanol–water partition coefficient (Wildman–Crippen LogP) is 0.785. The summed E-state index contributed by atoms with van der Waals surface area (Å²) in [6.07, 6.45) is -1.02. The van der Waals surface area contributed by atoms with Crippen LogP contribution in [0.4, 0.5) is 5.69 Å². The SMILES string of the molecule is COC(=O)C1C(O)CCN1S(=O)(=O)Nc1ccc(C#N)c(Cl)c1C. The fraction of sp³-hybridized carbons (Fsp3) is 0.429. The minimum Gasteiger partial charge on any atom is -0.468 e. The molecule has 10 heteroatoms. The Morgan fingerprint density at radius 3 is 2.79 bits per heavy atom. The van der Waals surface area contributed by atoms with E-state index in [9.17, 15) is 18.3 Å². The fourth-order valence-electron chi connectivity index (χ4n) is 2.49. The number of anilines is 1. The van der Waals surface area contributed by atoms with Gasteiger partial charge in [0.1, 0.15) is 12.1 Å². The van der Waals surface area contributed by atoms with Gasteiger partial charge in [0.2, 0.25) is 0 Å². The van der Waals surface area contributed by atoms with E-state index >= 15 is 0 Å². The van der Waals surface area contributed by atoms with Crippen molar-refractivity contribution in [3.05, 3.63) is 28.3 Å². The highest BCUT2D eigenvalue weighted by Crippen LogP contribution is 2.30. The van der Waals surface area contributed by atoms with Crippen LogP contribution in [-0.4, -0.2) is 49.6 Å². The molecule has 1 fully saturated rings. The lowest BCUT2D eigenvalue weighted by molar-refractivity contribution is -0.146. The third-order valence-electron chi connectivity index (χ3n) is 3.82. The zero-order valence-electron chi connectivity index (χ0n) is 13.0. The lowest BCUT2D eigenvalue weighted by atomic mass is 10.1. The highest BCUT2D eigenvalue weighted by atomic mass is 35.5. The van der Waals surface area contributed by atoms with Crippen LogP contribution in [0.5, 0.6) is 0 Å². The molecule has 1 saturated heterocycles. The second kappa shape index (κ2) is 6.94. The van der Waals surface area contributed by atoms with E-state index in [4.69, 9.17) is 16.9 Å². The molecular formula is C14H16ClN3O5S. The quantitative estimate of drug-likeness (QED) is 0.753. The molecule has 0 spiro atoms. The van der Waals surface area contributed by atoms with E-state index < -0.39 is 28.3 Å². The minimum absolute atomic E-state index is 0.0284. The first-order valence-corrected chi connectivity index (χ1v) is 8.79. The van der Waals surface area contributed by atoms with E-state index in [-0.39, 0.29) is 29.2 Å². The van der Waals surface area contributed by atoms with Crippen molar-refractivity contribution in [3.63, 3.8) is 0 Å². The Hall–Kier alpha value is -1.86. The number of carbonyl (C=O) groups excluding carboxylic acids is 1. The van der Waals surface area contributed by atoms with Crippen molar-refractivity contribution in [2.24, 2.45) is 0 Å². The summed E-state index contributed by atoms with van der Waals surface area (Å²) in [7, 11) is -3.01. The topological polar surface area (TPSA) is 120 Å². The highest BCUT2D eigenvalue weighted by molar-refractivity contribution is 7.90. The van der Waals surface area contributed by atoms with E-state index in [0.29, 0.717) is 5.56 Å². The van der Waals surface area contributed by atoms with Crippen LogP contribution in [0.1, 0.15) is 17.5 Å². The lowest BCUT2D eigenvalue weighted by Crippen LogP contribution is -2.47. The summed E-state index contributed by atoms with van der Waals surface area (Å²) >= 11 is 6.03. The van der Waals surface area contributed by atoms with E-state index in [1.807, 2.05) is 6.07 Å². The van der Waals surface area contributed by atoms with Crippen molar-refractivity contribution in [2.45, 2.75) is 25.5 Å². The van der Waals surface area contributed by atoms with Crippen LogP contribution in [0.3, 0.4) is 0 Å². The first-order chi connectivity index (χ1) is 11.2. The van der Waals surface area contributed by atoms with Crippen LogP contribution in [0.15, 0.2) is 12.1 Å². The van der Waals surface area contributed by atoms with Crippen molar-refractivity contribution >= 4 is 33.5 Å². The van der Waals surface area contributed by atoms with Crippen LogP contribution in [0.2, 0.25) is 5.02 Å². The van der Waals surface area contributed by atoms with Gasteiger partial charge in [0.15, 0.2) is 0 Å². The summed E-state index contributed by atoms with van der Waals surface area (Å²) in [5.74, 6) is -0.833. The van der Waals surface area contributed by atoms with Crippen LogP contribution >= 0.6 is 11.6 Å². The average molecular weight is 374 g/mol. The van der Waals surface area contributed by atoms with Crippen LogP contribution in [-0.2, 0) is 19.7 Å². The molecule has 1 aromatic rings. The van der Waals surface area contributed by atoms with Gasteiger partial charge in [0.25, 0.3) is 0 Å². The Kier molecular flexibility index (Phi) is 5.35. The van der Waals surface area contributed by atoms with Crippen LogP contribution < -0.4 is 4.72 Å². The molecule has 0 saturated carbocycles. The number of rotatable bonds is 4. The van der Waals surface area contributed by atoms with E-state index in [2.05, 4.69) is 9.46 Å². The van der Waals surface area contributed by atoms with Gasteiger partial charge in [-0.1, -0.05) is 11.6 Å². The second-order valence-electron chi connectivity index (χ2n) is 5.25. The molecule has 8 nitrogen and oxygen atoms in total. The molecule has 24 heavy (non-hydrogen) atoms. The Morgan fingerprint density at radius 2 is 2.21 bits per heavy atom. The number of esters is 1. The molecule has 1 aromatic carbocycles. The number of aliphatic hydroxyl groups is 1. The molecule has 0 aliphatic carbocycles. The maximum absolute atomic E-state index is 12.6. The van der Waals surface area contributed by atoms with Gasteiger partial charge >= 0.3 is 16.2 Å². The predicted molar refractivity (Wildman–Crippen MR) is 86.6 cm³/mol. The van der Waals surface area contributed by atoms with Crippen molar-refractivity contribution in [3.8, 4) is 6.07 Å². The zero-order chi connectivity index (χ0) is 18.1. The Bertz CT molecular complexity index is 805. The maximum atomic E-state index is 12.6. The first kappa shape index (κ1) is 18.5. The van der Waals surface area contributed by atoms with Crippen molar-refractivity contribution in [1.29, 1.82) is 5.26 Å². The van der Waals surface area contributed by atoms with E-state index in [0.717, 1.165) is 11.4 Å². The maximum Gasteiger partial charge on any atom is 0.326 e. The number of nitrogens with zero attached hydrogens (tertiary/aromatic N) is 2. The van der Waals surface area contributed by atoms with Crippen LogP contribution in [0.25, 0.3) is 0 Å². The van der Waals surface area contributed by atoms with Crippen molar-refractivity contribution in [2.75, 3.05) is 18.4 Å². The molecule has 1 aliphatic heterocycles. The Labute approximate surface area is 144 Å². The van der Waals surface area contributed by atoms with Gasteiger partial charge in [-0.05, 0) is 31.0 Å². The zero-order valence-corrected chi connectivity index (χ0v) is 14.6. The summed E-state index contributed by atoms with van der Waals surface area (Å²) < 4.78 is 32.9. The monoisotopic (exact) mass is 373 g/mol. The molecule has 130 valence electrons. The number of nitrogens with one attached hydrogen (secondary N) is 1. The molecule has 1 aliphatic rings. The number of carbonyl (C=O) groups is 1. The summed E-state index contributed by atoms with van der Waals surface area (Å²) in [4.78, 5) is 11.8.